The lowest BCUT2D eigenvalue weighted by atomic mass is 9.92. The Bertz CT molecular complexity index is 2890. The molecule has 0 radical (unpaired) electrons. The summed E-state index contributed by atoms with van der Waals surface area (Å²) < 4.78 is 0. The predicted octanol–water partition coefficient (Wildman–Crippen LogP) is 11.2. The Hall–Kier alpha value is -6.52. The molecule has 48 heavy (non-hydrogen) atoms. The maximum atomic E-state index is 5.46. The van der Waals surface area contributed by atoms with Gasteiger partial charge in [-0.25, -0.2) is 4.98 Å². The van der Waals surface area contributed by atoms with E-state index in [4.69, 9.17) is 9.97 Å². The molecule has 10 rings (SSSR count). The number of rotatable bonds is 3. The Morgan fingerprint density at radius 3 is 1.81 bits per heavy atom. The Balaban J connectivity index is 1.13. The second kappa shape index (κ2) is 10.5. The van der Waals surface area contributed by atoms with Gasteiger partial charge in [-0.3, -0.25) is 15.0 Å². The zero-order valence-electron chi connectivity index (χ0n) is 25.8. The molecule has 222 valence electrons. The highest BCUT2D eigenvalue weighted by Gasteiger charge is 2.17. The number of hydrogen-bond donors (Lipinski definition) is 0. The fourth-order valence-corrected chi connectivity index (χ4v) is 7.38. The van der Waals surface area contributed by atoms with Crippen LogP contribution in [0.2, 0.25) is 0 Å². The van der Waals surface area contributed by atoms with Gasteiger partial charge in [-0.15, -0.1) is 0 Å². The highest BCUT2D eigenvalue weighted by atomic mass is 14.7. The zero-order chi connectivity index (χ0) is 31.6. The lowest BCUT2D eigenvalue weighted by Gasteiger charge is -2.15. The van der Waals surface area contributed by atoms with Gasteiger partial charge in [0.05, 0.1) is 27.9 Å². The molecule has 0 fully saturated rings. The third kappa shape index (κ3) is 4.03. The van der Waals surface area contributed by atoms with Crippen LogP contribution >= 0.6 is 0 Å². The van der Waals surface area contributed by atoms with Gasteiger partial charge in [0.15, 0.2) is 0 Å². The third-order valence-electron chi connectivity index (χ3n) is 9.55. The van der Waals surface area contributed by atoms with Gasteiger partial charge < -0.3 is 0 Å². The molecule has 0 saturated heterocycles. The Morgan fingerprint density at radius 1 is 0.375 bits per heavy atom. The zero-order valence-corrected chi connectivity index (χ0v) is 25.8. The van der Waals surface area contributed by atoms with Gasteiger partial charge in [0, 0.05) is 62.2 Å². The quantitative estimate of drug-likeness (QED) is 0.187. The van der Waals surface area contributed by atoms with Crippen molar-refractivity contribution in [3.05, 3.63) is 158 Å². The van der Waals surface area contributed by atoms with Crippen molar-refractivity contribution in [1.82, 2.24) is 19.9 Å². The topological polar surface area (TPSA) is 51.6 Å². The summed E-state index contributed by atoms with van der Waals surface area (Å²) in [5.74, 6) is 0. The summed E-state index contributed by atoms with van der Waals surface area (Å²) in [6, 6.07) is 49.2. The fourth-order valence-electron chi connectivity index (χ4n) is 7.38. The largest absolute Gasteiger partial charge is 0.256 e. The Kier molecular flexibility index (Phi) is 5.84. The minimum Gasteiger partial charge on any atom is -0.256 e. The molecular weight excluding hydrogens is 585 g/mol. The third-order valence-corrected chi connectivity index (χ3v) is 9.55. The molecule has 0 amide bonds. The van der Waals surface area contributed by atoms with Crippen LogP contribution in [0, 0.1) is 0 Å². The molecule has 0 bridgehead atoms. The maximum Gasteiger partial charge on any atom is 0.0970 e. The van der Waals surface area contributed by atoms with Gasteiger partial charge in [0.2, 0.25) is 0 Å². The van der Waals surface area contributed by atoms with Crippen LogP contribution < -0.4 is 0 Å². The molecule has 0 aliphatic rings. The van der Waals surface area contributed by atoms with Gasteiger partial charge >= 0.3 is 0 Å². The normalized spacial score (nSPS) is 11.8. The van der Waals surface area contributed by atoms with Crippen LogP contribution in [0.3, 0.4) is 0 Å². The minimum absolute atomic E-state index is 0.901. The molecule has 0 spiro atoms. The summed E-state index contributed by atoms with van der Waals surface area (Å²) in [6.07, 6.45) is 5.61. The van der Waals surface area contributed by atoms with Crippen LogP contribution in [0.1, 0.15) is 0 Å². The molecule has 6 aromatic carbocycles. The first-order valence-electron chi connectivity index (χ1n) is 16.1. The van der Waals surface area contributed by atoms with Gasteiger partial charge in [-0.05, 0) is 57.4 Å². The lowest BCUT2D eigenvalue weighted by molar-refractivity contribution is 1.32. The Morgan fingerprint density at radius 2 is 1.02 bits per heavy atom. The maximum absolute atomic E-state index is 5.46. The van der Waals surface area contributed by atoms with Crippen molar-refractivity contribution in [2.24, 2.45) is 0 Å². The number of pyridine rings is 4. The number of fused-ring (bicyclic) bond motifs is 11. The van der Waals surface area contributed by atoms with Crippen LogP contribution in [0.4, 0.5) is 0 Å². The van der Waals surface area contributed by atoms with Crippen LogP contribution in [-0.2, 0) is 0 Å². The van der Waals surface area contributed by atoms with Crippen LogP contribution in [-0.4, -0.2) is 19.9 Å². The first-order chi connectivity index (χ1) is 23.8. The van der Waals surface area contributed by atoms with Crippen LogP contribution in [0.15, 0.2) is 158 Å². The molecule has 0 aliphatic carbocycles. The average Bonchev–Trinajstić information content (AvgIpc) is 3.17. The number of nitrogens with zero attached hydrogens (tertiary/aromatic N) is 4. The monoisotopic (exact) mass is 610 g/mol. The summed E-state index contributed by atoms with van der Waals surface area (Å²) >= 11 is 0. The molecule has 4 aromatic heterocycles. The SMILES string of the molecule is c1cc(-c2ccc(-c3cc4cccnc4c4ncccc34)cn2)cc(-c2nc3c4ccccc4c4ccccc4c3c3ccccc23)c1. The standard InChI is InChI=1S/C44H26N4/c1-3-15-33-31(13-1)32-14-2-5-17-35(32)43-40(33)34-16-4-6-18-36(34)41(48-43)28-11-7-10-27(24-28)39-21-20-30(26-47-39)38-25-29-12-8-22-45-42(29)44-37(38)19-9-23-46-44/h1-26H. The number of benzene rings is 6. The molecule has 0 N–H and O–H groups in total. The van der Waals surface area contributed by atoms with Gasteiger partial charge in [0.25, 0.3) is 0 Å². The molecule has 4 nitrogen and oxygen atoms in total. The molecule has 4 heterocycles. The van der Waals surface area contributed by atoms with Crippen molar-refractivity contribution in [2.75, 3.05) is 0 Å². The second-order valence-electron chi connectivity index (χ2n) is 12.2. The number of aromatic nitrogens is 4. The van der Waals surface area contributed by atoms with Crippen molar-refractivity contribution in [1.29, 1.82) is 0 Å². The van der Waals surface area contributed by atoms with E-state index in [9.17, 15) is 0 Å². The van der Waals surface area contributed by atoms with Crippen molar-refractivity contribution in [3.63, 3.8) is 0 Å². The molecule has 4 heteroatoms. The highest BCUT2D eigenvalue weighted by molar-refractivity contribution is 6.31. The molecule has 0 atom stereocenters. The van der Waals surface area contributed by atoms with E-state index in [2.05, 4.69) is 137 Å². The molecular formula is C44H26N4. The van der Waals surface area contributed by atoms with Gasteiger partial charge in [0.1, 0.15) is 0 Å². The van der Waals surface area contributed by atoms with E-state index < -0.39 is 0 Å². The van der Waals surface area contributed by atoms with Crippen molar-refractivity contribution in [2.45, 2.75) is 0 Å². The van der Waals surface area contributed by atoms with Crippen LogP contribution in [0.5, 0.6) is 0 Å². The van der Waals surface area contributed by atoms with Crippen LogP contribution in [0.25, 0.3) is 98.7 Å². The summed E-state index contributed by atoms with van der Waals surface area (Å²) in [7, 11) is 0. The molecule has 10 aromatic rings. The lowest BCUT2D eigenvalue weighted by Crippen LogP contribution is -1.93. The molecule has 0 unspecified atom stereocenters. The smallest absolute Gasteiger partial charge is 0.0970 e. The summed E-state index contributed by atoms with van der Waals surface area (Å²) in [6.45, 7) is 0. The summed E-state index contributed by atoms with van der Waals surface area (Å²) in [5, 5.41) is 10.5. The van der Waals surface area contributed by atoms with E-state index in [0.717, 1.165) is 66.4 Å². The van der Waals surface area contributed by atoms with E-state index in [1.54, 1.807) is 0 Å². The molecule has 0 aliphatic heterocycles. The van der Waals surface area contributed by atoms with E-state index >= 15 is 0 Å². The first kappa shape index (κ1) is 26.7. The van der Waals surface area contributed by atoms with E-state index in [1.807, 2.05) is 30.7 Å². The number of hydrogen-bond acceptors (Lipinski definition) is 4. The van der Waals surface area contributed by atoms with E-state index in [1.165, 1.54) is 32.3 Å². The first-order valence-corrected chi connectivity index (χ1v) is 16.1. The Labute approximate surface area is 276 Å². The van der Waals surface area contributed by atoms with Crippen molar-refractivity contribution >= 4 is 65.0 Å². The summed E-state index contributed by atoms with van der Waals surface area (Å²) in [4.78, 5) is 19.7. The highest BCUT2D eigenvalue weighted by Crippen LogP contribution is 2.41. The van der Waals surface area contributed by atoms with E-state index in [0.29, 0.717) is 0 Å². The van der Waals surface area contributed by atoms with Gasteiger partial charge in [-0.1, -0.05) is 109 Å². The van der Waals surface area contributed by atoms with Gasteiger partial charge in [-0.2, -0.15) is 0 Å². The second-order valence-corrected chi connectivity index (χ2v) is 12.2. The van der Waals surface area contributed by atoms with E-state index in [-0.39, 0.29) is 0 Å². The summed E-state index contributed by atoms with van der Waals surface area (Å²) in [5.41, 5.74) is 8.96. The van der Waals surface area contributed by atoms with Crippen molar-refractivity contribution < 1.29 is 0 Å². The predicted molar refractivity (Wildman–Crippen MR) is 199 cm³/mol. The minimum atomic E-state index is 0.901. The average molecular weight is 611 g/mol. The molecule has 0 saturated carbocycles. The van der Waals surface area contributed by atoms with Crippen molar-refractivity contribution in [3.8, 4) is 33.6 Å². The fraction of sp³-hybridized carbons (Fsp3) is 0.